The van der Waals surface area contributed by atoms with E-state index >= 15 is 0 Å². The monoisotopic (exact) mass is 365 g/mol. The van der Waals surface area contributed by atoms with Gasteiger partial charge in [-0.05, 0) is 5.92 Å². The summed E-state index contributed by atoms with van der Waals surface area (Å²) >= 11 is 0. The smallest absolute Gasteiger partial charge is 0.0414 e. The van der Waals surface area contributed by atoms with Crippen LogP contribution in [0.15, 0.2) is 0 Å². The molecular formula is C26H53. The number of hydrogen-bond donors (Lipinski definition) is 0. The minimum absolute atomic E-state index is 0.909. The first kappa shape index (κ1) is 26.0. The maximum absolute atomic E-state index is 4.13. The van der Waals surface area contributed by atoms with Gasteiger partial charge >= 0.3 is 0 Å². The van der Waals surface area contributed by atoms with E-state index in [9.17, 15) is 0 Å². The Morgan fingerprint density at radius 3 is 1.08 bits per heavy atom. The lowest BCUT2D eigenvalue weighted by atomic mass is 9.93. The molecule has 0 saturated carbocycles. The molecule has 0 aromatic carbocycles. The van der Waals surface area contributed by atoms with Crippen molar-refractivity contribution in [2.75, 3.05) is 0 Å². The topological polar surface area (TPSA) is 0 Å². The van der Waals surface area contributed by atoms with Crippen LogP contribution in [0.4, 0.5) is 0 Å². The van der Waals surface area contributed by atoms with Crippen LogP contribution in [0.5, 0.6) is 0 Å². The highest BCUT2D eigenvalue weighted by molar-refractivity contribution is 4.61. The van der Waals surface area contributed by atoms with E-state index in [1.165, 1.54) is 135 Å². The van der Waals surface area contributed by atoms with Crippen molar-refractivity contribution in [1.82, 2.24) is 0 Å². The van der Waals surface area contributed by atoms with Crippen molar-refractivity contribution >= 4 is 0 Å². The fourth-order valence-corrected chi connectivity index (χ4v) is 4.08. The van der Waals surface area contributed by atoms with Crippen molar-refractivity contribution < 1.29 is 0 Å². The van der Waals surface area contributed by atoms with Crippen molar-refractivity contribution in [1.29, 1.82) is 0 Å². The molecule has 1 unspecified atom stereocenters. The van der Waals surface area contributed by atoms with Gasteiger partial charge in [0.05, 0.1) is 0 Å². The van der Waals surface area contributed by atoms with Gasteiger partial charge in [0.1, 0.15) is 0 Å². The maximum atomic E-state index is 4.13. The molecule has 1 radical (unpaired) electrons. The molecule has 0 fully saturated rings. The van der Waals surface area contributed by atoms with E-state index in [4.69, 9.17) is 0 Å². The molecule has 0 aromatic rings. The third-order valence-corrected chi connectivity index (χ3v) is 6.09. The fraction of sp³-hybridized carbons (Fsp3) is 0.962. The molecule has 157 valence electrons. The lowest BCUT2D eigenvalue weighted by molar-refractivity contribution is 0.412. The summed E-state index contributed by atoms with van der Waals surface area (Å²) in [5.74, 6) is 0.909. The van der Waals surface area contributed by atoms with Gasteiger partial charge in [-0.3, -0.25) is 0 Å². The lowest BCUT2D eigenvalue weighted by Gasteiger charge is -2.13. The van der Waals surface area contributed by atoms with Gasteiger partial charge in [0, 0.05) is 0 Å². The zero-order valence-corrected chi connectivity index (χ0v) is 18.8. The second-order valence-corrected chi connectivity index (χ2v) is 8.74. The van der Waals surface area contributed by atoms with Crippen molar-refractivity contribution in [2.45, 2.75) is 155 Å². The first-order chi connectivity index (χ1) is 12.8. The standard InChI is InChI=1S/C26H53/c1-4-7-9-10-11-12-13-14-15-16-17-18-19-20-21-22-23-25-26(6-3)24-8-5-2/h26H,3-25H2,1-2H3. The molecule has 0 aliphatic rings. The first-order valence-electron chi connectivity index (χ1n) is 12.6. The van der Waals surface area contributed by atoms with Crippen LogP contribution >= 0.6 is 0 Å². The summed E-state index contributed by atoms with van der Waals surface area (Å²) in [5.41, 5.74) is 0. The average Bonchev–Trinajstić information content (AvgIpc) is 2.66. The highest BCUT2D eigenvalue weighted by atomic mass is 14.1. The Morgan fingerprint density at radius 1 is 0.423 bits per heavy atom. The van der Waals surface area contributed by atoms with Crippen LogP contribution in [0.1, 0.15) is 155 Å². The summed E-state index contributed by atoms with van der Waals surface area (Å²) in [7, 11) is 0. The molecule has 0 aliphatic heterocycles. The van der Waals surface area contributed by atoms with Gasteiger partial charge in [0.15, 0.2) is 0 Å². The van der Waals surface area contributed by atoms with Crippen LogP contribution in [-0.2, 0) is 0 Å². The van der Waals surface area contributed by atoms with Gasteiger partial charge < -0.3 is 0 Å². The van der Waals surface area contributed by atoms with Gasteiger partial charge in [-0.1, -0.05) is 162 Å². The first-order valence-corrected chi connectivity index (χ1v) is 12.6. The Kier molecular flexibility index (Phi) is 23.0. The van der Waals surface area contributed by atoms with Gasteiger partial charge in [0.2, 0.25) is 0 Å². The van der Waals surface area contributed by atoms with E-state index in [0.29, 0.717) is 0 Å². The summed E-state index contributed by atoms with van der Waals surface area (Å²) in [5, 5.41) is 0. The zero-order valence-electron chi connectivity index (χ0n) is 18.8. The van der Waals surface area contributed by atoms with Crippen molar-refractivity contribution in [3.05, 3.63) is 6.92 Å². The quantitative estimate of drug-likeness (QED) is 0.167. The van der Waals surface area contributed by atoms with Gasteiger partial charge in [-0.2, -0.15) is 0 Å². The van der Waals surface area contributed by atoms with Crippen LogP contribution in [0, 0.1) is 12.8 Å². The molecule has 0 rings (SSSR count). The Labute approximate surface area is 168 Å². The summed E-state index contributed by atoms with van der Waals surface area (Å²) < 4.78 is 0. The number of unbranched alkanes of at least 4 members (excludes halogenated alkanes) is 17. The van der Waals surface area contributed by atoms with Crippen molar-refractivity contribution in [3.8, 4) is 0 Å². The second kappa shape index (κ2) is 23.0. The molecule has 0 aliphatic carbocycles. The highest BCUT2D eigenvalue weighted by Gasteiger charge is 2.05. The predicted octanol–water partition coefficient (Wildman–Crippen LogP) is 10.1. The summed E-state index contributed by atoms with van der Waals surface area (Å²) in [6.45, 7) is 8.74. The Balaban J connectivity index is 3.11. The van der Waals surface area contributed by atoms with Gasteiger partial charge in [0.25, 0.3) is 0 Å². The molecule has 0 nitrogen and oxygen atoms in total. The second-order valence-electron chi connectivity index (χ2n) is 8.74. The summed E-state index contributed by atoms with van der Waals surface area (Å²) in [4.78, 5) is 0. The molecule has 0 N–H and O–H groups in total. The van der Waals surface area contributed by atoms with E-state index in [1.54, 1.807) is 0 Å². The fourth-order valence-electron chi connectivity index (χ4n) is 4.08. The molecule has 0 spiro atoms. The normalized spacial score (nSPS) is 12.6. The third kappa shape index (κ3) is 20.3. The lowest BCUT2D eigenvalue weighted by Crippen LogP contribution is -1.98. The average molecular weight is 366 g/mol. The van der Waals surface area contributed by atoms with E-state index in [1.807, 2.05) is 0 Å². The van der Waals surface area contributed by atoms with Crippen LogP contribution in [0.2, 0.25) is 0 Å². The van der Waals surface area contributed by atoms with Gasteiger partial charge in [-0.25, -0.2) is 0 Å². The number of hydrogen-bond acceptors (Lipinski definition) is 0. The Bertz CT molecular complexity index is 232. The van der Waals surface area contributed by atoms with Crippen LogP contribution < -0.4 is 0 Å². The molecular weight excluding hydrogens is 312 g/mol. The molecule has 26 heavy (non-hydrogen) atoms. The zero-order chi connectivity index (χ0) is 19.1. The third-order valence-electron chi connectivity index (χ3n) is 6.09. The van der Waals surface area contributed by atoms with E-state index in [0.717, 1.165) is 12.3 Å². The minimum Gasteiger partial charge on any atom is -0.0654 e. The van der Waals surface area contributed by atoms with Crippen LogP contribution in [0.25, 0.3) is 0 Å². The van der Waals surface area contributed by atoms with Crippen molar-refractivity contribution in [2.24, 2.45) is 5.92 Å². The Hall–Kier alpha value is 0. The highest BCUT2D eigenvalue weighted by Crippen LogP contribution is 2.20. The van der Waals surface area contributed by atoms with Crippen LogP contribution in [0.3, 0.4) is 0 Å². The van der Waals surface area contributed by atoms with E-state index in [2.05, 4.69) is 20.8 Å². The summed E-state index contributed by atoms with van der Waals surface area (Å²) in [6, 6.07) is 0. The van der Waals surface area contributed by atoms with Crippen LogP contribution in [-0.4, -0.2) is 0 Å². The number of rotatable bonds is 22. The molecule has 0 saturated heterocycles. The molecule has 0 aromatic heterocycles. The SMILES string of the molecule is [CH2]CC(CCCC)CCCCCCCCCCCCCCCCCCC. The molecule has 1 atom stereocenters. The van der Waals surface area contributed by atoms with E-state index in [-0.39, 0.29) is 0 Å². The minimum atomic E-state index is 0.909. The molecule has 0 heterocycles. The Morgan fingerprint density at radius 2 is 0.731 bits per heavy atom. The summed E-state index contributed by atoms with van der Waals surface area (Å²) in [6.07, 6.45) is 31.7. The van der Waals surface area contributed by atoms with E-state index < -0.39 is 0 Å². The van der Waals surface area contributed by atoms with Gasteiger partial charge in [-0.15, -0.1) is 0 Å². The maximum Gasteiger partial charge on any atom is -0.0414 e. The predicted molar refractivity (Wildman–Crippen MR) is 122 cm³/mol. The molecule has 0 amide bonds. The largest absolute Gasteiger partial charge is 0.0654 e. The molecule has 0 heteroatoms. The molecule has 0 bridgehead atoms. The van der Waals surface area contributed by atoms with Crippen molar-refractivity contribution in [3.63, 3.8) is 0 Å².